The van der Waals surface area contributed by atoms with Gasteiger partial charge in [-0.2, -0.15) is 0 Å². The lowest BCUT2D eigenvalue weighted by atomic mass is 9.87. The number of hydrogen-bond acceptors (Lipinski definition) is 5. The zero-order valence-electron chi connectivity index (χ0n) is 30.1. The summed E-state index contributed by atoms with van der Waals surface area (Å²) in [6.45, 7) is 0. The van der Waals surface area contributed by atoms with Crippen molar-refractivity contribution in [2.24, 2.45) is 0 Å². The summed E-state index contributed by atoms with van der Waals surface area (Å²) in [5, 5.41) is 7.82. The van der Waals surface area contributed by atoms with E-state index in [9.17, 15) is 0 Å². The van der Waals surface area contributed by atoms with E-state index in [1.807, 2.05) is 79.0 Å². The molecule has 0 atom stereocenters. The molecule has 0 aliphatic rings. The molecule has 0 amide bonds. The van der Waals surface area contributed by atoms with Gasteiger partial charge in [0.05, 0.1) is 16.6 Å². The molecule has 0 saturated carbocycles. The van der Waals surface area contributed by atoms with Gasteiger partial charge in [0.15, 0.2) is 17.5 Å². The van der Waals surface area contributed by atoms with Crippen LogP contribution in [0.2, 0.25) is 0 Å². The topological polar surface area (TPSA) is 64.5 Å². The van der Waals surface area contributed by atoms with Gasteiger partial charge in [-0.15, -0.1) is 0 Å². The predicted molar refractivity (Wildman–Crippen MR) is 230 cm³/mol. The summed E-state index contributed by atoms with van der Waals surface area (Å²) in [5.74, 6) is 1.92. The van der Waals surface area contributed by atoms with Crippen LogP contribution in [-0.2, 0) is 0 Å². The molecule has 0 aliphatic heterocycles. The Morgan fingerprint density at radius 3 is 1.39 bits per heavy atom. The van der Waals surface area contributed by atoms with Crippen molar-refractivity contribution >= 4 is 54.3 Å². The summed E-state index contributed by atoms with van der Waals surface area (Å²) >= 11 is 0. The number of nitrogens with zero attached hydrogens (tertiary/aromatic N) is 5. The molecule has 0 N–H and O–H groups in total. The molecule has 3 aromatic heterocycles. The molecule has 8 aromatic carbocycles. The first kappa shape index (κ1) is 31.9. The van der Waals surface area contributed by atoms with E-state index in [2.05, 4.69) is 109 Å². The van der Waals surface area contributed by atoms with Crippen LogP contribution in [0.5, 0.6) is 0 Å². The Morgan fingerprint density at radius 1 is 0.286 bits per heavy atom. The van der Waals surface area contributed by atoms with E-state index in [1.165, 1.54) is 10.8 Å². The Morgan fingerprint density at radius 2 is 0.768 bits per heavy atom. The third kappa shape index (κ3) is 5.29. The van der Waals surface area contributed by atoms with Crippen molar-refractivity contribution in [1.82, 2.24) is 24.9 Å². The molecule has 0 unspecified atom stereocenters. The fourth-order valence-corrected chi connectivity index (χ4v) is 8.13. The minimum Gasteiger partial charge on any atom is -0.254 e. The molecule has 0 radical (unpaired) electrons. The van der Waals surface area contributed by atoms with E-state index in [0.29, 0.717) is 17.5 Å². The summed E-state index contributed by atoms with van der Waals surface area (Å²) in [6, 6.07) is 63.4. The third-order valence-electron chi connectivity index (χ3n) is 10.7. The van der Waals surface area contributed by atoms with Crippen molar-refractivity contribution < 1.29 is 0 Å². The second kappa shape index (κ2) is 13.0. The highest BCUT2D eigenvalue weighted by Gasteiger charge is 2.19. The first-order chi connectivity index (χ1) is 27.8. The summed E-state index contributed by atoms with van der Waals surface area (Å²) in [7, 11) is 0. The third-order valence-corrected chi connectivity index (χ3v) is 10.7. The van der Waals surface area contributed by atoms with E-state index < -0.39 is 0 Å². The molecular formula is C51H31N5. The van der Waals surface area contributed by atoms with Crippen LogP contribution in [0.1, 0.15) is 0 Å². The van der Waals surface area contributed by atoms with Crippen LogP contribution in [0.3, 0.4) is 0 Å². The molecule has 3 heterocycles. The van der Waals surface area contributed by atoms with E-state index >= 15 is 0 Å². The lowest BCUT2D eigenvalue weighted by Crippen LogP contribution is -2.00. The molecule has 11 rings (SSSR count). The molecule has 5 nitrogen and oxygen atoms in total. The van der Waals surface area contributed by atoms with Crippen LogP contribution in [0, 0.1) is 0 Å². The van der Waals surface area contributed by atoms with Crippen LogP contribution >= 0.6 is 0 Å². The highest BCUT2D eigenvalue weighted by atomic mass is 15.0. The van der Waals surface area contributed by atoms with Crippen molar-refractivity contribution in [2.75, 3.05) is 0 Å². The molecular weight excluding hydrogens is 683 g/mol. The van der Waals surface area contributed by atoms with E-state index in [0.717, 1.165) is 82.4 Å². The largest absolute Gasteiger partial charge is 0.254 e. The van der Waals surface area contributed by atoms with Crippen LogP contribution in [0.15, 0.2) is 188 Å². The van der Waals surface area contributed by atoms with Gasteiger partial charge in [0.1, 0.15) is 0 Å². The molecule has 5 heteroatoms. The van der Waals surface area contributed by atoms with Gasteiger partial charge in [0.25, 0.3) is 0 Å². The van der Waals surface area contributed by atoms with Gasteiger partial charge in [-0.05, 0) is 74.1 Å². The molecule has 0 aliphatic carbocycles. The molecule has 0 spiro atoms. The number of hydrogen-bond donors (Lipinski definition) is 0. The van der Waals surface area contributed by atoms with Crippen molar-refractivity contribution in [3.63, 3.8) is 0 Å². The first-order valence-corrected chi connectivity index (χ1v) is 18.8. The van der Waals surface area contributed by atoms with Crippen LogP contribution in [0.4, 0.5) is 0 Å². The Labute approximate surface area is 322 Å². The number of rotatable bonds is 5. The second-order valence-corrected chi connectivity index (χ2v) is 14.0. The monoisotopic (exact) mass is 713 g/mol. The average Bonchev–Trinajstić information content (AvgIpc) is 3.28. The van der Waals surface area contributed by atoms with Gasteiger partial charge in [-0.3, -0.25) is 4.98 Å². The van der Waals surface area contributed by atoms with Gasteiger partial charge in [-0.1, -0.05) is 152 Å². The van der Waals surface area contributed by atoms with Crippen LogP contribution < -0.4 is 0 Å². The first-order valence-electron chi connectivity index (χ1n) is 18.8. The Hall–Kier alpha value is -7.63. The maximum atomic E-state index is 5.08. The minimum absolute atomic E-state index is 0.639. The number of fused-ring (bicyclic) bond motifs is 6. The fraction of sp³-hybridized carbons (Fsp3) is 0. The Kier molecular flexibility index (Phi) is 7.42. The second-order valence-electron chi connectivity index (χ2n) is 14.0. The quantitative estimate of drug-likeness (QED) is 0.131. The fourth-order valence-electron chi connectivity index (χ4n) is 8.13. The van der Waals surface area contributed by atoms with Gasteiger partial charge >= 0.3 is 0 Å². The minimum atomic E-state index is 0.639. The highest BCUT2D eigenvalue weighted by molar-refractivity contribution is 6.17. The van der Waals surface area contributed by atoms with Crippen molar-refractivity contribution in [3.05, 3.63) is 188 Å². The maximum absolute atomic E-state index is 5.08. The summed E-state index contributed by atoms with van der Waals surface area (Å²) in [5.41, 5.74) is 10.2. The number of pyridine rings is 2. The molecule has 0 bridgehead atoms. The van der Waals surface area contributed by atoms with Crippen molar-refractivity contribution in [1.29, 1.82) is 0 Å². The standard InChI is InChI=1S/C51H31N5/c1-3-14-32(15-4-1)49-54-50(33-16-5-2-6-17-33)56-51(55-49)44-28-27-41(38-21-10-11-22-39(38)44)40-25-26-42(37-20-9-8-19-36(37)40)45-31-35-30-34-18-7-12-24-46(34)53-47(35)48-43(45)23-13-29-52-48/h1-31H. The van der Waals surface area contributed by atoms with E-state index in [1.54, 1.807) is 0 Å². The molecule has 11 aromatic rings. The van der Waals surface area contributed by atoms with E-state index in [-0.39, 0.29) is 0 Å². The zero-order valence-corrected chi connectivity index (χ0v) is 30.1. The van der Waals surface area contributed by atoms with Gasteiger partial charge in [-0.25, -0.2) is 19.9 Å². The molecule has 260 valence electrons. The smallest absolute Gasteiger partial charge is 0.164 e. The zero-order chi connectivity index (χ0) is 37.0. The van der Waals surface area contributed by atoms with Crippen molar-refractivity contribution in [3.8, 4) is 56.4 Å². The number of aromatic nitrogens is 5. The van der Waals surface area contributed by atoms with Gasteiger partial charge < -0.3 is 0 Å². The van der Waals surface area contributed by atoms with E-state index in [4.69, 9.17) is 24.9 Å². The van der Waals surface area contributed by atoms with Crippen LogP contribution in [-0.4, -0.2) is 24.9 Å². The lowest BCUT2D eigenvalue weighted by Gasteiger charge is -2.17. The van der Waals surface area contributed by atoms with Crippen LogP contribution in [0.25, 0.3) is 111 Å². The SMILES string of the molecule is c1ccc(-c2nc(-c3ccccc3)nc(-c3ccc(-c4ccc(-c5cc6cc7ccccc7nc6c6ncccc56)c5ccccc45)c4ccccc34)n2)cc1. The van der Waals surface area contributed by atoms with Gasteiger partial charge in [0.2, 0.25) is 0 Å². The molecule has 56 heavy (non-hydrogen) atoms. The number of benzene rings is 8. The maximum Gasteiger partial charge on any atom is 0.164 e. The van der Waals surface area contributed by atoms with Crippen molar-refractivity contribution in [2.45, 2.75) is 0 Å². The summed E-state index contributed by atoms with van der Waals surface area (Å²) in [6.07, 6.45) is 1.86. The Balaban J connectivity index is 1.10. The molecule has 0 fully saturated rings. The van der Waals surface area contributed by atoms with Gasteiger partial charge in [0, 0.05) is 39.0 Å². The summed E-state index contributed by atoms with van der Waals surface area (Å²) < 4.78 is 0. The number of para-hydroxylation sites is 1. The summed E-state index contributed by atoms with van der Waals surface area (Å²) in [4.78, 5) is 25.1. The predicted octanol–water partition coefficient (Wildman–Crippen LogP) is 12.8. The average molecular weight is 714 g/mol. The normalized spacial score (nSPS) is 11.6. The lowest BCUT2D eigenvalue weighted by molar-refractivity contribution is 1.08. The molecule has 0 saturated heterocycles. The highest BCUT2D eigenvalue weighted by Crippen LogP contribution is 2.43. The Bertz CT molecular complexity index is 3250.